The number of β-amino-alcohol motifs (C(OH)–C–C–N with tert-alkyl or cyclic N) is 1. The van der Waals surface area contributed by atoms with Gasteiger partial charge in [-0.2, -0.15) is 0 Å². The molecule has 11 heteroatoms. The molecule has 2 fully saturated rings. The van der Waals surface area contributed by atoms with Gasteiger partial charge in [0.25, 0.3) is 0 Å². The smallest absolute Gasteiger partial charge is 0.248 e. The highest BCUT2D eigenvalue weighted by molar-refractivity contribution is 6.05. The fourth-order valence-electron chi connectivity index (χ4n) is 5.35. The van der Waals surface area contributed by atoms with E-state index in [4.69, 9.17) is 0 Å². The highest BCUT2D eigenvalue weighted by Crippen LogP contribution is 2.35. The number of aromatic amines is 1. The monoisotopic (exact) mass is 529 g/mol. The first kappa shape index (κ1) is 26.2. The number of aryl methyl sites for hydroxylation is 1. The summed E-state index contributed by atoms with van der Waals surface area (Å²) < 4.78 is 41.8. The lowest BCUT2D eigenvalue weighted by Crippen LogP contribution is -2.52. The minimum Gasteiger partial charge on any atom is -0.392 e. The number of hydrogen-bond donors (Lipinski definition) is 4. The normalized spacial score (nSPS) is 22.3. The second-order valence-electron chi connectivity index (χ2n) is 10.2. The van der Waals surface area contributed by atoms with Gasteiger partial charge in [-0.3, -0.25) is 19.5 Å². The molecule has 1 aromatic carbocycles. The van der Waals surface area contributed by atoms with Crippen molar-refractivity contribution < 1.29 is 27.9 Å². The number of aliphatic hydroxyl groups is 1. The Morgan fingerprint density at radius 2 is 1.97 bits per heavy atom. The summed E-state index contributed by atoms with van der Waals surface area (Å²) in [5.41, 5.74) is 2.26. The topological polar surface area (TPSA) is 110 Å². The number of aliphatic hydroxyl groups excluding tert-OH is 1. The van der Waals surface area contributed by atoms with E-state index in [0.29, 0.717) is 5.69 Å². The van der Waals surface area contributed by atoms with Crippen molar-refractivity contribution in [3.05, 3.63) is 59.8 Å². The summed E-state index contributed by atoms with van der Waals surface area (Å²) in [5, 5.41) is 16.8. The van der Waals surface area contributed by atoms with Crippen molar-refractivity contribution in [2.24, 2.45) is 0 Å². The maximum Gasteiger partial charge on any atom is 0.248 e. The molecule has 1 aliphatic carbocycles. The summed E-state index contributed by atoms with van der Waals surface area (Å²) >= 11 is 0. The SMILES string of the molecule is Cc1c[nH]c2cc(N(C(=O)C3CC(O)CN3)C(C(=O)NC3CCC(F)(F)CC3)c3cncc(F)c3)ccc12. The standard InChI is InChI=1S/C27H30F3N5O3/c1-15-11-32-22-9-19(2-3-21(15)22)35(26(38)23-10-20(36)14-33-23)24(16-8-17(28)13-31-12-16)25(37)34-18-4-6-27(29,30)7-5-18/h2-3,8-9,11-13,18,20,23-24,32-33,36H,4-7,10,14H2,1H3,(H,34,37). The number of amides is 2. The fourth-order valence-corrected chi connectivity index (χ4v) is 5.35. The first-order chi connectivity index (χ1) is 18.1. The Morgan fingerprint density at radius 1 is 1.21 bits per heavy atom. The number of aromatic nitrogens is 2. The first-order valence-electron chi connectivity index (χ1n) is 12.7. The lowest BCUT2D eigenvalue weighted by Gasteiger charge is -2.35. The van der Waals surface area contributed by atoms with Crippen molar-refractivity contribution in [2.45, 2.75) is 69.2 Å². The van der Waals surface area contributed by atoms with Crippen LogP contribution in [-0.4, -0.2) is 57.5 Å². The minimum atomic E-state index is -2.77. The van der Waals surface area contributed by atoms with Crippen LogP contribution in [0.3, 0.4) is 0 Å². The number of benzene rings is 1. The van der Waals surface area contributed by atoms with Crippen LogP contribution in [0, 0.1) is 12.7 Å². The Hall–Kier alpha value is -3.44. The van der Waals surface area contributed by atoms with E-state index in [1.807, 2.05) is 19.2 Å². The molecule has 0 radical (unpaired) electrons. The Kier molecular flexibility index (Phi) is 7.15. The Balaban J connectivity index is 1.56. The van der Waals surface area contributed by atoms with Crippen LogP contribution >= 0.6 is 0 Å². The summed E-state index contributed by atoms with van der Waals surface area (Å²) in [7, 11) is 0. The number of rotatable bonds is 6. The molecule has 1 saturated carbocycles. The number of hydrogen-bond acceptors (Lipinski definition) is 5. The number of halogens is 3. The van der Waals surface area contributed by atoms with Crippen LogP contribution in [0.1, 0.15) is 49.3 Å². The van der Waals surface area contributed by atoms with Gasteiger partial charge in [-0.25, -0.2) is 13.2 Å². The molecule has 3 unspecified atom stereocenters. The molecule has 2 amide bonds. The summed E-state index contributed by atoms with van der Waals surface area (Å²) in [4.78, 5) is 36.1. The van der Waals surface area contributed by atoms with Crippen molar-refractivity contribution in [1.29, 1.82) is 0 Å². The molecule has 202 valence electrons. The Labute approximate surface area is 217 Å². The van der Waals surface area contributed by atoms with Crippen LogP contribution in [-0.2, 0) is 9.59 Å². The van der Waals surface area contributed by atoms with E-state index in [-0.39, 0.29) is 44.2 Å². The number of anilines is 1. The average Bonchev–Trinajstić information content (AvgIpc) is 3.48. The van der Waals surface area contributed by atoms with Crippen molar-refractivity contribution in [1.82, 2.24) is 20.6 Å². The molecule has 3 aromatic rings. The van der Waals surface area contributed by atoms with E-state index >= 15 is 0 Å². The summed E-state index contributed by atoms with van der Waals surface area (Å²) in [6, 6.07) is 3.79. The third-order valence-electron chi connectivity index (χ3n) is 7.41. The number of nitrogens with zero attached hydrogens (tertiary/aromatic N) is 2. The zero-order valence-corrected chi connectivity index (χ0v) is 20.9. The Morgan fingerprint density at radius 3 is 2.66 bits per heavy atom. The van der Waals surface area contributed by atoms with Crippen LogP contribution in [0.15, 0.2) is 42.9 Å². The highest BCUT2D eigenvalue weighted by atomic mass is 19.3. The van der Waals surface area contributed by atoms with Gasteiger partial charge in [0.2, 0.25) is 17.7 Å². The van der Waals surface area contributed by atoms with Crippen molar-refractivity contribution >= 4 is 28.4 Å². The molecule has 3 atom stereocenters. The molecule has 8 nitrogen and oxygen atoms in total. The summed E-state index contributed by atoms with van der Waals surface area (Å²) in [5.74, 6) is -4.56. The third-order valence-corrected chi connectivity index (χ3v) is 7.41. The van der Waals surface area contributed by atoms with E-state index in [2.05, 4.69) is 20.6 Å². The van der Waals surface area contributed by atoms with E-state index in [1.165, 1.54) is 11.1 Å². The maximum absolute atomic E-state index is 14.3. The molecule has 5 rings (SSSR count). The van der Waals surface area contributed by atoms with Gasteiger partial charge in [-0.05, 0) is 49.9 Å². The molecule has 2 aliphatic rings. The quantitative estimate of drug-likeness (QED) is 0.391. The van der Waals surface area contributed by atoms with E-state index in [9.17, 15) is 27.9 Å². The molecule has 0 bridgehead atoms. The van der Waals surface area contributed by atoms with Crippen LogP contribution in [0.5, 0.6) is 0 Å². The molecule has 3 heterocycles. The van der Waals surface area contributed by atoms with E-state index in [1.54, 1.807) is 12.1 Å². The van der Waals surface area contributed by atoms with E-state index in [0.717, 1.165) is 28.7 Å². The Bertz CT molecular complexity index is 1340. The van der Waals surface area contributed by atoms with Crippen LogP contribution in [0.25, 0.3) is 10.9 Å². The van der Waals surface area contributed by atoms with Gasteiger partial charge in [0.15, 0.2) is 0 Å². The first-order valence-corrected chi connectivity index (χ1v) is 12.7. The lowest BCUT2D eigenvalue weighted by atomic mass is 9.91. The maximum atomic E-state index is 14.3. The number of carbonyl (C=O) groups is 2. The van der Waals surface area contributed by atoms with Gasteiger partial charge in [-0.1, -0.05) is 6.07 Å². The van der Waals surface area contributed by atoms with Crippen LogP contribution in [0.2, 0.25) is 0 Å². The molecular weight excluding hydrogens is 499 g/mol. The highest BCUT2D eigenvalue weighted by Gasteiger charge is 2.41. The molecule has 2 aromatic heterocycles. The van der Waals surface area contributed by atoms with Gasteiger partial charge in [0.05, 0.1) is 18.3 Å². The largest absolute Gasteiger partial charge is 0.392 e. The molecular formula is C27H30F3N5O3. The number of carbonyl (C=O) groups excluding carboxylic acids is 2. The average molecular weight is 530 g/mol. The zero-order chi connectivity index (χ0) is 27.0. The van der Waals surface area contributed by atoms with Gasteiger partial charge < -0.3 is 20.7 Å². The number of fused-ring (bicyclic) bond motifs is 1. The number of alkyl halides is 2. The number of H-pyrrole nitrogens is 1. The van der Waals surface area contributed by atoms with Gasteiger partial charge in [0.1, 0.15) is 11.9 Å². The predicted octanol–water partition coefficient (Wildman–Crippen LogP) is 3.50. The van der Waals surface area contributed by atoms with Crippen LogP contribution in [0.4, 0.5) is 18.9 Å². The second kappa shape index (κ2) is 10.4. The molecule has 38 heavy (non-hydrogen) atoms. The summed E-state index contributed by atoms with van der Waals surface area (Å²) in [6.45, 7) is 2.15. The van der Waals surface area contributed by atoms with Crippen molar-refractivity contribution in [3.8, 4) is 0 Å². The number of pyridine rings is 1. The van der Waals surface area contributed by atoms with E-state index < -0.39 is 47.8 Å². The third kappa shape index (κ3) is 5.39. The minimum absolute atomic E-state index is 0.0882. The summed E-state index contributed by atoms with van der Waals surface area (Å²) in [6.07, 6.45) is 3.04. The van der Waals surface area contributed by atoms with Crippen molar-refractivity contribution in [3.63, 3.8) is 0 Å². The molecule has 1 saturated heterocycles. The zero-order valence-electron chi connectivity index (χ0n) is 20.9. The van der Waals surface area contributed by atoms with Gasteiger partial charge in [0, 0.05) is 60.0 Å². The van der Waals surface area contributed by atoms with Gasteiger partial charge in [-0.15, -0.1) is 0 Å². The fraction of sp³-hybridized carbons (Fsp3) is 0.444. The van der Waals surface area contributed by atoms with Crippen molar-refractivity contribution in [2.75, 3.05) is 11.4 Å². The van der Waals surface area contributed by atoms with Crippen LogP contribution < -0.4 is 15.5 Å². The lowest BCUT2D eigenvalue weighted by molar-refractivity contribution is -0.128. The van der Waals surface area contributed by atoms with Gasteiger partial charge >= 0.3 is 0 Å². The predicted molar refractivity (Wildman–Crippen MR) is 135 cm³/mol. The molecule has 4 N–H and O–H groups in total. The molecule has 1 aliphatic heterocycles. The second-order valence-corrected chi connectivity index (χ2v) is 10.2. The molecule has 0 spiro atoms. The number of nitrogens with one attached hydrogen (secondary N) is 3.